The maximum atomic E-state index is 13.6. The van der Waals surface area contributed by atoms with Gasteiger partial charge in [0.2, 0.25) is 5.91 Å². The molecule has 174 valence electrons. The Balaban J connectivity index is 1.62. The zero-order chi connectivity index (χ0) is 24.0. The van der Waals surface area contributed by atoms with E-state index >= 15 is 0 Å². The van der Waals surface area contributed by atoms with Crippen molar-refractivity contribution in [1.29, 1.82) is 0 Å². The third-order valence-electron chi connectivity index (χ3n) is 5.90. The Morgan fingerprint density at radius 2 is 1.74 bits per heavy atom. The molecule has 0 unspecified atom stereocenters. The standard InChI is InChI=1S/C25H20BrFN2O5/c1-2-33-19-13-14(12-18(26)22(19)30)21-20-23(34-29(21)17-6-4-3-5-7-17)25(32)28(24(20)31)16-10-8-15(27)9-11-16/h3-13,20-21,23,30H,2H2,1H3/t20-,21+,23-/m1/s1. The lowest BCUT2D eigenvalue weighted by atomic mass is 9.90. The first kappa shape index (κ1) is 22.4. The third-order valence-corrected chi connectivity index (χ3v) is 6.51. The van der Waals surface area contributed by atoms with Crippen LogP contribution in [-0.4, -0.2) is 29.6 Å². The van der Waals surface area contributed by atoms with Gasteiger partial charge in [-0.2, -0.15) is 0 Å². The van der Waals surface area contributed by atoms with Crippen LogP contribution in [0.2, 0.25) is 0 Å². The molecule has 0 aromatic heterocycles. The Kier molecular flexibility index (Phi) is 5.75. The summed E-state index contributed by atoms with van der Waals surface area (Å²) >= 11 is 3.36. The van der Waals surface area contributed by atoms with Crippen molar-refractivity contribution >= 4 is 39.1 Å². The highest BCUT2D eigenvalue weighted by Gasteiger charge is 2.60. The van der Waals surface area contributed by atoms with Crippen molar-refractivity contribution < 1.29 is 28.7 Å². The molecule has 9 heteroatoms. The number of phenolic OH excluding ortho intramolecular Hbond substituents is 1. The van der Waals surface area contributed by atoms with E-state index in [1.54, 1.807) is 24.1 Å². The summed E-state index contributed by atoms with van der Waals surface area (Å²) < 4.78 is 19.4. The molecule has 3 aromatic carbocycles. The molecule has 5 rings (SSSR count). The fourth-order valence-corrected chi connectivity index (χ4v) is 4.89. The number of carbonyl (C=O) groups is 2. The highest BCUT2D eigenvalue weighted by atomic mass is 79.9. The van der Waals surface area contributed by atoms with Gasteiger partial charge in [0.15, 0.2) is 17.6 Å². The first-order chi connectivity index (χ1) is 16.4. The van der Waals surface area contributed by atoms with Gasteiger partial charge in [-0.1, -0.05) is 18.2 Å². The molecule has 0 spiro atoms. The number of carbonyl (C=O) groups excluding carboxylic acids is 2. The summed E-state index contributed by atoms with van der Waals surface area (Å²) in [5.41, 5.74) is 1.56. The van der Waals surface area contributed by atoms with Crippen LogP contribution in [0.25, 0.3) is 0 Å². The Labute approximate surface area is 203 Å². The Hall–Kier alpha value is -3.43. The number of rotatable bonds is 5. The summed E-state index contributed by atoms with van der Waals surface area (Å²) in [4.78, 5) is 34.1. The molecule has 2 aliphatic rings. The number of amides is 2. The molecular weight excluding hydrogens is 507 g/mol. The van der Waals surface area contributed by atoms with Crippen molar-refractivity contribution in [3.8, 4) is 11.5 Å². The van der Waals surface area contributed by atoms with Crippen LogP contribution in [0.15, 0.2) is 71.2 Å². The molecular formula is C25H20BrFN2O5. The molecule has 3 atom stereocenters. The second-order valence-corrected chi connectivity index (χ2v) is 8.78. The van der Waals surface area contributed by atoms with Gasteiger partial charge in [0.25, 0.3) is 5.91 Å². The van der Waals surface area contributed by atoms with E-state index in [1.165, 1.54) is 24.3 Å². The second-order valence-electron chi connectivity index (χ2n) is 7.93. The Bertz CT molecular complexity index is 1250. The predicted molar refractivity (Wildman–Crippen MR) is 126 cm³/mol. The number of para-hydroxylation sites is 1. The van der Waals surface area contributed by atoms with Crippen LogP contribution < -0.4 is 14.7 Å². The van der Waals surface area contributed by atoms with Crippen LogP contribution in [0.5, 0.6) is 11.5 Å². The summed E-state index contributed by atoms with van der Waals surface area (Å²) in [5.74, 6) is -2.13. The second kappa shape index (κ2) is 8.73. The van der Waals surface area contributed by atoms with Crippen LogP contribution in [0.4, 0.5) is 15.8 Å². The minimum Gasteiger partial charge on any atom is -0.503 e. The highest BCUT2D eigenvalue weighted by Crippen LogP contribution is 2.49. The smallest absolute Gasteiger partial charge is 0.266 e. The Morgan fingerprint density at radius 1 is 1.03 bits per heavy atom. The van der Waals surface area contributed by atoms with Crippen molar-refractivity contribution in [3.05, 3.63) is 82.6 Å². The molecule has 2 heterocycles. The molecule has 0 saturated carbocycles. The number of fused-ring (bicyclic) bond motifs is 1. The summed E-state index contributed by atoms with van der Waals surface area (Å²) in [6.07, 6.45) is -1.06. The molecule has 2 aliphatic heterocycles. The summed E-state index contributed by atoms with van der Waals surface area (Å²) in [6.45, 7) is 2.12. The van der Waals surface area contributed by atoms with E-state index < -0.39 is 35.7 Å². The lowest BCUT2D eigenvalue weighted by Crippen LogP contribution is -2.37. The van der Waals surface area contributed by atoms with Crippen molar-refractivity contribution in [2.24, 2.45) is 5.92 Å². The average Bonchev–Trinajstić information content (AvgIpc) is 3.34. The zero-order valence-electron chi connectivity index (χ0n) is 18.0. The van der Waals surface area contributed by atoms with Gasteiger partial charge in [-0.05, 0) is 76.9 Å². The molecule has 2 saturated heterocycles. The number of hydrogen-bond donors (Lipinski definition) is 1. The van der Waals surface area contributed by atoms with Crippen LogP contribution in [0, 0.1) is 11.7 Å². The van der Waals surface area contributed by atoms with Crippen molar-refractivity contribution in [3.63, 3.8) is 0 Å². The molecule has 2 amide bonds. The number of anilines is 2. The lowest BCUT2D eigenvalue weighted by molar-refractivity contribution is -0.126. The van der Waals surface area contributed by atoms with E-state index in [4.69, 9.17) is 9.57 Å². The number of aromatic hydroxyl groups is 1. The third kappa shape index (κ3) is 3.61. The molecule has 2 fully saturated rings. The van der Waals surface area contributed by atoms with Crippen LogP contribution in [0.3, 0.4) is 0 Å². The van der Waals surface area contributed by atoms with Gasteiger partial charge in [-0.25, -0.2) is 14.4 Å². The SMILES string of the molecule is CCOc1cc([C@H]2[C@H]3C(=O)N(c4ccc(F)cc4)C(=O)[C@@H]3ON2c2ccccc2)cc(Br)c1O. The van der Waals surface area contributed by atoms with Crippen LogP contribution in [-0.2, 0) is 14.4 Å². The first-order valence-corrected chi connectivity index (χ1v) is 11.5. The topological polar surface area (TPSA) is 79.3 Å². The molecule has 0 bridgehead atoms. The maximum absolute atomic E-state index is 13.6. The number of ether oxygens (including phenoxy) is 1. The molecule has 34 heavy (non-hydrogen) atoms. The summed E-state index contributed by atoms with van der Waals surface area (Å²) in [5, 5.41) is 12.0. The van der Waals surface area contributed by atoms with Crippen molar-refractivity contribution in [1.82, 2.24) is 0 Å². The largest absolute Gasteiger partial charge is 0.503 e. The van der Waals surface area contributed by atoms with Gasteiger partial charge in [-0.3, -0.25) is 14.4 Å². The molecule has 7 nitrogen and oxygen atoms in total. The van der Waals surface area contributed by atoms with Crippen LogP contribution >= 0.6 is 15.9 Å². The quantitative estimate of drug-likeness (QED) is 0.483. The summed E-state index contributed by atoms with van der Waals surface area (Å²) in [6, 6.07) is 17.0. The minimum atomic E-state index is -1.06. The molecule has 0 aliphatic carbocycles. The fraction of sp³-hybridized carbons (Fsp3) is 0.200. The molecule has 3 aromatic rings. The number of hydrogen-bond acceptors (Lipinski definition) is 6. The van der Waals surface area contributed by atoms with E-state index in [-0.39, 0.29) is 17.2 Å². The van der Waals surface area contributed by atoms with Gasteiger partial charge in [0.05, 0.1) is 28.5 Å². The van der Waals surface area contributed by atoms with Crippen LogP contribution in [0.1, 0.15) is 18.5 Å². The average molecular weight is 527 g/mol. The fourth-order valence-electron chi connectivity index (χ4n) is 4.43. The highest BCUT2D eigenvalue weighted by molar-refractivity contribution is 9.10. The van der Waals surface area contributed by atoms with Gasteiger partial charge < -0.3 is 9.84 Å². The van der Waals surface area contributed by atoms with Gasteiger partial charge in [0, 0.05) is 0 Å². The number of halogens is 2. The van der Waals surface area contributed by atoms with E-state index in [0.29, 0.717) is 22.3 Å². The summed E-state index contributed by atoms with van der Waals surface area (Å²) in [7, 11) is 0. The van der Waals surface area contributed by atoms with E-state index in [0.717, 1.165) is 4.90 Å². The normalized spacial score (nSPS) is 21.8. The monoisotopic (exact) mass is 526 g/mol. The predicted octanol–water partition coefficient (Wildman–Crippen LogP) is 4.74. The number of imide groups is 1. The minimum absolute atomic E-state index is 0.0610. The maximum Gasteiger partial charge on any atom is 0.266 e. The van der Waals surface area contributed by atoms with Gasteiger partial charge >= 0.3 is 0 Å². The van der Waals surface area contributed by atoms with E-state index in [9.17, 15) is 19.1 Å². The lowest BCUT2D eigenvalue weighted by Gasteiger charge is -2.29. The van der Waals surface area contributed by atoms with Crippen molar-refractivity contribution in [2.75, 3.05) is 16.6 Å². The number of hydroxylamine groups is 1. The van der Waals surface area contributed by atoms with Gasteiger partial charge in [0.1, 0.15) is 11.7 Å². The number of benzene rings is 3. The zero-order valence-corrected chi connectivity index (χ0v) is 19.6. The first-order valence-electron chi connectivity index (χ1n) is 10.7. The van der Waals surface area contributed by atoms with Crippen molar-refractivity contribution in [2.45, 2.75) is 19.1 Å². The van der Waals surface area contributed by atoms with Gasteiger partial charge in [-0.15, -0.1) is 0 Å². The number of phenols is 1. The van der Waals surface area contributed by atoms with E-state index in [1.807, 2.05) is 30.3 Å². The molecule has 0 radical (unpaired) electrons. The van der Waals surface area contributed by atoms with E-state index in [2.05, 4.69) is 15.9 Å². The molecule has 1 N–H and O–H groups in total. The number of nitrogens with zero attached hydrogens (tertiary/aromatic N) is 2. The Morgan fingerprint density at radius 3 is 2.41 bits per heavy atom.